The maximum Gasteiger partial charge on any atom is 0.410 e. The van der Waals surface area contributed by atoms with Gasteiger partial charge in [-0.05, 0) is 159 Å². The molecule has 6 aliphatic rings. The number of urea groups is 1. The SMILES string of the molecule is Cc1c(-c2ccc(N3CCc4cccc(C(=O)Nc5nc6ccccc6s5)c4C3)nc2C(=O)O)cnn1CC12CC3(C)CC(C)(C1)CC(OCCN(CCC(=O)O)C(=O)OCc1ccc(NC(=O)C(CCCNC(N)=O)NC(=O)C(NC(=O)C(CS(=O)(=O)O)NC(=O)CCCCCN4C(=O)C=CC4=O)C(C)C)cc1)(C3)C2. The number of fused-ring (bicyclic) bond motifs is 2. The van der Waals surface area contributed by atoms with Crippen LogP contribution in [0.5, 0.6) is 0 Å². The predicted molar refractivity (Wildman–Crippen MR) is 408 cm³/mol. The van der Waals surface area contributed by atoms with E-state index in [-0.39, 0.29) is 105 Å². The summed E-state index contributed by atoms with van der Waals surface area (Å²) < 4.78 is 49.6. The van der Waals surface area contributed by atoms with Crippen molar-refractivity contribution in [3.05, 3.63) is 131 Å². The molecule has 111 heavy (non-hydrogen) atoms. The molecule has 0 saturated heterocycles. The Morgan fingerprint density at radius 2 is 1.49 bits per heavy atom. The number of imide groups is 1. The van der Waals surface area contributed by atoms with Crippen molar-refractivity contribution >= 4 is 114 Å². The van der Waals surface area contributed by atoms with E-state index in [1.54, 1.807) is 44.3 Å². The van der Waals surface area contributed by atoms with E-state index in [2.05, 4.69) is 50.7 Å². The molecule has 4 aliphatic carbocycles. The van der Waals surface area contributed by atoms with Gasteiger partial charge in [0.2, 0.25) is 23.6 Å². The van der Waals surface area contributed by atoms with E-state index in [9.17, 15) is 75.9 Å². The maximum atomic E-state index is 14.0. The van der Waals surface area contributed by atoms with Gasteiger partial charge in [-0.3, -0.25) is 57.8 Å². The average Bonchev–Trinajstić information content (AvgIpc) is 1.35. The second kappa shape index (κ2) is 34.3. The van der Waals surface area contributed by atoms with E-state index in [0.717, 1.165) is 76.2 Å². The third-order valence-corrected chi connectivity index (χ3v) is 22.9. The molecular weight excluding hydrogens is 1470 g/mol. The Balaban J connectivity index is 0.690. The van der Waals surface area contributed by atoms with Crippen molar-refractivity contribution in [2.24, 2.45) is 27.9 Å². The van der Waals surface area contributed by atoms with Crippen LogP contribution in [0.3, 0.4) is 0 Å². The number of nitrogens with zero attached hydrogens (tertiary/aromatic N) is 7. The molecule has 3 aromatic heterocycles. The molecule has 5 atom stereocenters. The van der Waals surface area contributed by atoms with Gasteiger partial charge in [-0.15, -0.1) is 0 Å². The smallest absolute Gasteiger partial charge is 0.410 e. The Labute approximate surface area is 645 Å². The van der Waals surface area contributed by atoms with Gasteiger partial charge in [-0.1, -0.05) is 81.9 Å². The second-order valence-electron chi connectivity index (χ2n) is 30.9. The Morgan fingerprint density at radius 1 is 0.757 bits per heavy atom. The molecular formula is C77H94N14O18S2. The largest absolute Gasteiger partial charge is 0.481 e. The van der Waals surface area contributed by atoms with Gasteiger partial charge in [0.15, 0.2) is 10.8 Å². The summed E-state index contributed by atoms with van der Waals surface area (Å²) >= 11 is 1.39. The summed E-state index contributed by atoms with van der Waals surface area (Å²) in [6.07, 6.45) is 9.29. The summed E-state index contributed by atoms with van der Waals surface area (Å²) in [5, 5.41) is 41.4. The van der Waals surface area contributed by atoms with E-state index < -0.39 is 105 Å². The number of hydrogen-bond acceptors (Lipinski definition) is 20. The van der Waals surface area contributed by atoms with Crippen molar-refractivity contribution in [3.63, 3.8) is 0 Å². The fourth-order valence-corrected chi connectivity index (χ4v) is 18.9. The highest BCUT2D eigenvalue weighted by molar-refractivity contribution is 7.85. The normalized spacial score (nSPS) is 20.5. The molecule has 6 aromatic rings. The fourth-order valence-electron chi connectivity index (χ4n) is 17.4. The molecule has 10 amide bonds. The van der Waals surface area contributed by atoms with Crippen LogP contribution >= 0.6 is 11.3 Å². The van der Waals surface area contributed by atoms with Crippen LogP contribution in [-0.4, -0.2) is 187 Å². The van der Waals surface area contributed by atoms with E-state index in [1.807, 2.05) is 59.0 Å². The first kappa shape index (κ1) is 81.3. The zero-order chi connectivity index (χ0) is 79.7. The van der Waals surface area contributed by atoms with Crippen molar-refractivity contribution in [3.8, 4) is 11.1 Å². The van der Waals surface area contributed by atoms with E-state index >= 15 is 0 Å². The number of carbonyl (C=O) groups excluding carboxylic acids is 9. The minimum Gasteiger partial charge on any atom is -0.481 e. The fraction of sp³-hybridized carbons (Fsp3) is 0.481. The number of aromatic nitrogens is 4. The summed E-state index contributed by atoms with van der Waals surface area (Å²) in [5.41, 5.74) is 9.74. The summed E-state index contributed by atoms with van der Waals surface area (Å²) in [6, 6.07) is 17.7. The lowest BCUT2D eigenvalue weighted by Crippen LogP contribution is -2.64. The lowest BCUT2D eigenvalue weighted by molar-refractivity contribution is -0.248. The standard InChI is InChI=1S/C77H94N14O18S2/c1-46(2)64(86-68(99)57(38-111(105,106)107)82-60(92)18-7-6-10-30-90-61(93)25-26-62(90)94)69(100)83-56(16-12-29-79-71(78)103)67(98)81-50-21-19-48(20-22-50)37-108-73(104)88(32-28-63(95)96)33-34-109-77-42-74(4)39-75(5,43-77)41-76(40-74,44-77)45-91-47(3)53(35-80-91)51-23-24-59(85-65(51)70(101)102)89-31-27-49-13-11-14-52(54(49)36-89)66(97)87-72-84-55-15-8-9-17-58(55)110-72/h8-9,11,13-15,17,19-26,35,46,56-57,64H,6-7,10,12,16,18,27-34,36-45H2,1-5H3,(H,81,98)(H,82,92)(H,83,100)(H,86,99)(H,95,96)(H,101,102)(H3,78,79,103)(H,84,87,97)(H,105,106,107). The summed E-state index contributed by atoms with van der Waals surface area (Å²) in [4.78, 5) is 157. The number of para-hydroxylation sites is 1. The van der Waals surface area contributed by atoms with Crippen molar-refractivity contribution in [1.29, 1.82) is 0 Å². The first-order valence-electron chi connectivity index (χ1n) is 37.1. The Morgan fingerprint density at radius 3 is 2.17 bits per heavy atom. The molecule has 5 unspecified atom stereocenters. The van der Waals surface area contributed by atoms with Gasteiger partial charge in [-0.2, -0.15) is 13.5 Å². The molecule has 4 fully saturated rings. The Bertz CT molecular complexity index is 4660. The van der Waals surface area contributed by atoms with Gasteiger partial charge in [-0.25, -0.2) is 24.4 Å². The highest BCUT2D eigenvalue weighted by Crippen LogP contribution is 2.72. The number of rotatable bonds is 36. The number of anilines is 3. The average molecular weight is 1570 g/mol. The molecule has 4 saturated carbocycles. The third-order valence-electron chi connectivity index (χ3n) is 21.2. The maximum absolute atomic E-state index is 14.0. The number of pyridine rings is 1. The van der Waals surface area contributed by atoms with Gasteiger partial charge in [0.1, 0.15) is 36.3 Å². The quantitative estimate of drug-likeness (QED) is 0.0103. The van der Waals surface area contributed by atoms with Crippen LogP contribution in [0, 0.1) is 29.1 Å². The number of primary amides is 1. The number of unbranched alkanes of at least 4 members (excludes halogenated alkanes) is 2. The van der Waals surface area contributed by atoms with Crippen LogP contribution in [0.1, 0.15) is 154 Å². The van der Waals surface area contributed by atoms with E-state index in [4.69, 9.17) is 25.3 Å². The minimum absolute atomic E-state index is 0.00707. The number of benzene rings is 3. The number of aromatic carboxylic acids is 1. The molecule has 0 spiro atoms. The summed E-state index contributed by atoms with van der Waals surface area (Å²) in [7, 11) is -4.88. The van der Waals surface area contributed by atoms with Crippen LogP contribution < -0.4 is 42.5 Å². The number of carboxylic acids is 2. The first-order chi connectivity index (χ1) is 52.7. The number of amides is 10. The molecule has 592 valence electrons. The first-order valence-corrected chi connectivity index (χ1v) is 39.5. The van der Waals surface area contributed by atoms with Gasteiger partial charge >= 0.3 is 24.1 Å². The minimum atomic E-state index is -4.88. The number of hydrogen-bond donors (Lipinski definition) is 10. The predicted octanol–water partition coefficient (Wildman–Crippen LogP) is 7.50. The van der Waals surface area contributed by atoms with Crippen molar-refractivity contribution in [2.45, 2.75) is 168 Å². The number of thiazole rings is 1. The van der Waals surface area contributed by atoms with Gasteiger partial charge < -0.3 is 61.8 Å². The molecule has 32 nitrogen and oxygen atoms in total. The molecule has 34 heteroatoms. The zero-order valence-corrected chi connectivity index (χ0v) is 64.1. The van der Waals surface area contributed by atoms with E-state index in [0.29, 0.717) is 78.5 Å². The number of nitrogens with one attached hydrogen (secondary N) is 6. The molecule has 0 radical (unpaired) electrons. The van der Waals surface area contributed by atoms with E-state index in [1.165, 1.54) is 28.4 Å². The topological polar surface area (TPSA) is 453 Å². The highest BCUT2D eigenvalue weighted by Gasteiger charge is 2.66. The molecule has 3 aromatic carbocycles. The summed E-state index contributed by atoms with van der Waals surface area (Å²) in [6.45, 7) is 10.8. The molecule has 2 aliphatic heterocycles. The lowest BCUT2D eigenvalue weighted by Gasteiger charge is -2.69. The second-order valence-corrected chi connectivity index (χ2v) is 33.4. The number of carbonyl (C=O) groups is 11. The van der Waals surface area contributed by atoms with Gasteiger partial charge in [0.05, 0.1) is 35.0 Å². The van der Waals surface area contributed by atoms with Gasteiger partial charge in [0.25, 0.3) is 27.8 Å². The van der Waals surface area contributed by atoms with Crippen molar-refractivity contribution in [1.82, 2.24) is 50.8 Å². The van der Waals surface area contributed by atoms with Gasteiger partial charge in [0, 0.05) is 92.5 Å². The highest BCUT2D eigenvalue weighted by atomic mass is 32.2. The summed E-state index contributed by atoms with van der Waals surface area (Å²) in [5.74, 6) is -8.53. The molecule has 11 N–H and O–H groups in total. The van der Waals surface area contributed by atoms with Crippen molar-refractivity contribution in [2.75, 3.05) is 60.6 Å². The molecule has 5 heterocycles. The Kier molecular flexibility index (Phi) is 25.1. The van der Waals surface area contributed by atoms with Crippen LogP contribution in [0.25, 0.3) is 21.3 Å². The van der Waals surface area contributed by atoms with Crippen LogP contribution in [0.15, 0.2) is 97.2 Å². The number of aliphatic carboxylic acids is 1. The monoisotopic (exact) mass is 1570 g/mol. The molecule has 12 rings (SSSR count). The Hall–Kier alpha value is -10.7. The number of ether oxygens (including phenoxy) is 2. The van der Waals surface area contributed by atoms with Crippen LogP contribution in [-0.2, 0) is 79.3 Å². The third kappa shape index (κ3) is 20.5. The lowest BCUT2D eigenvalue weighted by atomic mass is 9.39. The van der Waals surface area contributed by atoms with Crippen LogP contribution in [0.4, 0.5) is 26.2 Å². The van der Waals surface area contributed by atoms with Crippen LogP contribution in [0.2, 0.25) is 0 Å². The van der Waals surface area contributed by atoms with Crippen molar-refractivity contribution < 1.29 is 85.4 Å². The molecule has 4 bridgehead atoms. The number of carboxylic acid groups (broad SMARTS) is 2. The zero-order valence-electron chi connectivity index (χ0n) is 62.5. The number of nitrogens with two attached hydrogens (primary N) is 1.